The highest BCUT2D eigenvalue weighted by Gasteiger charge is 2.63. The van der Waals surface area contributed by atoms with Crippen LogP contribution in [0.5, 0.6) is 0 Å². The fraction of sp³-hybridized carbons (Fsp3) is 0.395. The van der Waals surface area contributed by atoms with E-state index < -0.39 is 63.7 Å². The number of urea groups is 1. The molecule has 280 valence electrons. The Kier molecular flexibility index (Phi) is 9.78. The van der Waals surface area contributed by atoms with Gasteiger partial charge in [-0.2, -0.15) is 17.7 Å². The maximum atomic E-state index is 15.8. The molecule has 2 aromatic heterocycles. The van der Waals surface area contributed by atoms with Gasteiger partial charge in [0.2, 0.25) is 0 Å². The van der Waals surface area contributed by atoms with Crippen LogP contribution < -0.4 is 10.6 Å². The van der Waals surface area contributed by atoms with Gasteiger partial charge in [0, 0.05) is 11.8 Å². The number of hydrogen-bond donors (Lipinski definition) is 3. The van der Waals surface area contributed by atoms with Crippen molar-refractivity contribution in [1.82, 2.24) is 15.5 Å². The Balaban J connectivity index is 1.41. The summed E-state index contributed by atoms with van der Waals surface area (Å²) in [7, 11) is 0. The number of carbonyl (C=O) groups is 3. The number of nitrogens with one attached hydrogen (secondary N) is 2. The summed E-state index contributed by atoms with van der Waals surface area (Å²) in [5, 5.41) is 16.4. The lowest BCUT2D eigenvalue weighted by Crippen LogP contribution is -2.64. The number of aryl methyl sites for hydroxylation is 1. The number of fused-ring (bicyclic) bond motifs is 2. The van der Waals surface area contributed by atoms with E-state index in [1.807, 2.05) is 0 Å². The number of piperidine rings is 1. The van der Waals surface area contributed by atoms with Crippen LogP contribution in [-0.4, -0.2) is 70.8 Å². The average molecular weight is 740 g/mol. The summed E-state index contributed by atoms with van der Waals surface area (Å²) in [5.74, 6) is -1.66. The monoisotopic (exact) mass is 739 g/mol. The van der Waals surface area contributed by atoms with Gasteiger partial charge >= 0.3 is 18.2 Å². The number of hydrogen-bond acceptors (Lipinski definition) is 8. The molecule has 2 unspecified atom stereocenters. The van der Waals surface area contributed by atoms with E-state index in [9.17, 15) is 27.9 Å². The molecule has 5 heterocycles. The standard InChI is InChI=1S/C38H38F4N4O7/c1-23-11-12-32(52-23)29(44-15-5-10-33(47)48)19-45-35(49)34-30(22-51-37(34)13-16-43-17-14-37)46(36(45)50,20-25-18-24-6-2-3-9-31(24)53-25)21-26-27(38(40,41)42)7-4-8-28(26)39/h2-4,6-9,11-12,18,29,43-44H,5,10,13-17,19-22H2,1H3/p+1. The first-order valence-electron chi connectivity index (χ1n) is 17.5. The molecule has 0 aliphatic carbocycles. The van der Waals surface area contributed by atoms with Crippen molar-refractivity contribution in [2.45, 2.75) is 63.5 Å². The summed E-state index contributed by atoms with van der Waals surface area (Å²) in [6.45, 7) is 1.14. The number of amides is 3. The fourth-order valence-corrected chi connectivity index (χ4v) is 7.84. The Morgan fingerprint density at radius 2 is 1.83 bits per heavy atom. The summed E-state index contributed by atoms with van der Waals surface area (Å²) in [5.41, 5.74) is -2.32. The highest BCUT2D eigenvalue weighted by Crippen LogP contribution is 2.49. The number of carbonyl (C=O) groups excluding carboxylic acids is 2. The Hall–Kier alpha value is -4.83. The first-order chi connectivity index (χ1) is 25.3. The maximum absolute atomic E-state index is 15.8. The van der Waals surface area contributed by atoms with Crippen molar-refractivity contribution in [1.29, 1.82) is 0 Å². The van der Waals surface area contributed by atoms with Gasteiger partial charge in [-0.3, -0.25) is 9.59 Å². The number of nitrogens with zero attached hydrogens (tertiary/aromatic N) is 2. The molecule has 3 aliphatic rings. The minimum Gasteiger partial charge on any atom is -0.481 e. The highest BCUT2D eigenvalue weighted by atomic mass is 19.4. The van der Waals surface area contributed by atoms with Gasteiger partial charge in [0.25, 0.3) is 5.91 Å². The fourth-order valence-electron chi connectivity index (χ4n) is 7.84. The van der Waals surface area contributed by atoms with E-state index in [1.165, 1.54) is 0 Å². The SMILES string of the molecule is Cc1ccc(C(CN2C(=O)C3=C(COC34CCNCC4)[N+](Cc3cc4ccccc4o3)(Cc3c(F)cccc3C(F)(F)F)C2=O)NCCCC(=O)O)o1. The molecule has 1 saturated heterocycles. The van der Waals surface area contributed by atoms with Crippen LogP contribution in [0.2, 0.25) is 0 Å². The molecule has 0 radical (unpaired) electrons. The summed E-state index contributed by atoms with van der Waals surface area (Å²) in [6, 6.07) is 13.1. The van der Waals surface area contributed by atoms with E-state index in [2.05, 4.69) is 10.6 Å². The number of para-hydroxylation sites is 1. The van der Waals surface area contributed by atoms with Crippen LogP contribution in [0.15, 0.2) is 80.8 Å². The van der Waals surface area contributed by atoms with Gasteiger partial charge < -0.3 is 29.3 Å². The number of carboxylic acids is 1. The molecule has 3 amide bonds. The van der Waals surface area contributed by atoms with Gasteiger partial charge in [0.15, 0.2) is 18.0 Å². The number of aliphatic carboxylic acids is 1. The van der Waals surface area contributed by atoms with Crippen molar-refractivity contribution >= 4 is 28.9 Å². The van der Waals surface area contributed by atoms with Crippen LogP contribution in [-0.2, 0) is 33.6 Å². The molecule has 2 aromatic carbocycles. The number of carboxylic acid groups (broad SMARTS) is 1. The Morgan fingerprint density at radius 3 is 2.53 bits per heavy atom. The number of alkyl halides is 3. The molecular weight excluding hydrogens is 700 g/mol. The molecular formula is C38H39F4N4O7+. The average Bonchev–Trinajstić information content (AvgIpc) is 3.84. The lowest BCUT2D eigenvalue weighted by molar-refractivity contribution is -0.846. The van der Waals surface area contributed by atoms with Crippen molar-refractivity contribution in [3.05, 3.63) is 106 Å². The molecule has 0 bridgehead atoms. The molecule has 1 spiro atoms. The minimum absolute atomic E-state index is 0.135. The molecule has 0 saturated carbocycles. The molecule has 1 fully saturated rings. The smallest absolute Gasteiger partial charge is 0.431 e. The summed E-state index contributed by atoms with van der Waals surface area (Å²) >= 11 is 0. The van der Waals surface area contributed by atoms with Crippen LogP contribution in [0.4, 0.5) is 22.4 Å². The summed E-state index contributed by atoms with van der Waals surface area (Å²) in [6.07, 6.45) is -4.16. The van der Waals surface area contributed by atoms with Crippen molar-refractivity contribution in [3.8, 4) is 0 Å². The van der Waals surface area contributed by atoms with E-state index in [1.54, 1.807) is 49.4 Å². The maximum Gasteiger partial charge on any atom is 0.431 e. The molecule has 53 heavy (non-hydrogen) atoms. The molecule has 7 rings (SSSR count). The number of benzene rings is 2. The molecule has 2 atom stereocenters. The molecule has 15 heteroatoms. The van der Waals surface area contributed by atoms with Crippen molar-refractivity contribution < 1.29 is 55.1 Å². The predicted octanol–water partition coefficient (Wildman–Crippen LogP) is 6.57. The number of quaternary nitrogens is 1. The quantitative estimate of drug-likeness (QED) is 0.0838. The van der Waals surface area contributed by atoms with Gasteiger partial charge in [0.05, 0.1) is 23.7 Å². The topological polar surface area (TPSA) is 134 Å². The van der Waals surface area contributed by atoms with Gasteiger partial charge in [0.1, 0.15) is 47.2 Å². The Morgan fingerprint density at radius 1 is 1.06 bits per heavy atom. The Bertz CT molecular complexity index is 2050. The van der Waals surface area contributed by atoms with Gasteiger partial charge in [-0.15, -0.1) is 0 Å². The van der Waals surface area contributed by atoms with Gasteiger partial charge in [-0.1, -0.05) is 24.3 Å². The largest absolute Gasteiger partial charge is 0.481 e. The number of ether oxygens (including phenoxy) is 1. The molecule has 3 aliphatic heterocycles. The first kappa shape index (κ1) is 36.5. The zero-order valence-corrected chi connectivity index (χ0v) is 28.9. The first-order valence-corrected chi connectivity index (χ1v) is 17.5. The van der Waals surface area contributed by atoms with E-state index >= 15 is 9.18 Å². The number of rotatable bonds is 12. The normalized spacial score (nSPS) is 20.8. The Labute approximate surface area is 301 Å². The van der Waals surface area contributed by atoms with Crippen LogP contribution >= 0.6 is 0 Å². The second-order valence-electron chi connectivity index (χ2n) is 13.8. The van der Waals surface area contributed by atoms with E-state index in [0.29, 0.717) is 48.4 Å². The third kappa shape index (κ3) is 6.89. The van der Waals surface area contributed by atoms with Crippen LogP contribution in [0.25, 0.3) is 11.0 Å². The zero-order chi connectivity index (χ0) is 37.5. The summed E-state index contributed by atoms with van der Waals surface area (Å²) in [4.78, 5) is 42.4. The summed E-state index contributed by atoms with van der Waals surface area (Å²) < 4.78 is 77.2. The van der Waals surface area contributed by atoms with E-state index in [0.717, 1.165) is 23.1 Å². The van der Waals surface area contributed by atoms with Gasteiger partial charge in [-0.25, -0.2) is 14.1 Å². The van der Waals surface area contributed by atoms with E-state index in [4.69, 9.17) is 13.6 Å². The van der Waals surface area contributed by atoms with Crippen LogP contribution in [0.3, 0.4) is 0 Å². The molecule has 11 nitrogen and oxygen atoms in total. The van der Waals surface area contributed by atoms with Crippen LogP contribution in [0.1, 0.15) is 60.1 Å². The molecule has 4 aromatic rings. The third-order valence-electron chi connectivity index (χ3n) is 10.4. The minimum atomic E-state index is -4.96. The van der Waals surface area contributed by atoms with Gasteiger partial charge in [-0.05, 0) is 82.2 Å². The lowest BCUT2D eigenvalue weighted by Gasteiger charge is -2.44. The van der Waals surface area contributed by atoms with Crippen molar-refractivity contribution in [2.24, 2.45) is 0 Å². The lowest BCUT2D eigenvalue weighted by atomic mass is 9.82. The third-order valence-corrected chi connectivity index (χ3v) is 10.4. The second kappa shape index (κ2) is 14.2. The number of imide groups is 1. The van der Waals surface area contributed by atoms with Crippen LogP contribution in [0, 0.1) is 12.7 Å². The number of halogens is 4. The highest BCUT2D eigenvalue weighted by molar-refractivity contribution is 6.06. The molecule has 3 N–H and O–H groups in total. The van der Waals surface area contributed by atoms with Crippen molar-refractivity contribution in [3.63, 3.8) is 0 Å². The predicted molar refractivity (Wildman–Crippen MR) is 181 cm³/mol. The zero-order valence-electron chi connectivity index (χ0n) is 28.9. The van der Waals surface area contributed by atoms with Crippen molar-refractivity contribution in [2.75, 3.05) is 32.8 Å². The van der Waals surface area contributed by atoms with E-state index in [-0.39, 0.29) is 56.1 Å². The second-order valence-corrected chi connectivity index (χ2v) is 13.8. The number of furan rings is 2.